The van der Waals surface area contributed by atoms with Crippen LogP contribution >= 0.6 is 11.8 Å². The Kier molecular flexibility index (Phi) is 4.12. The number of hydrogen-bond acceptors (Lipinski definition) is 3. The third kappa shape index (κ3) is 3.28. The van der Waals surface area contributed by atoms with Crippen molar-refractivity contribution >= 4 is 11.8 Å². The summed E-state index contributed by atoms with van der Waals surface area (Å²) in [7, 11) is 0. The second-order valence-electron chi connectivity index (χ2n) is 3.63. The average molecular weight is 248 g/mol. The minimum absolute atomic E-state index is 0.316. The van der Waals surface area contributed by atoms with E-state index in [2.05, 4.69) is 4.98 Å². The molecule has 0 spiro atoms. The van der Waals surface area contributed by atoms with Crippen LogP contribution in [0.3, 0.4) is 0 Å². The van der Waals surface area contributed by atoms with Gasteiger partial charge in [0.15, 0.2) is 0 Å². The highest BCUT2D eigenvalue weighted by molar-refractivity contribution is 7.99. The van der Waals surface area contributed by atoms with E-state index in [1.165, 1.54) is 6.20 Å². The van der Waals surface area contributed by atoms with Crippen molar-refractivity contribution in [3.8, 4) is 0 Å². The Hall–Kier alpha value is -1.39. The summed E-state index contributed by atoms with van der Waals surface area (Å²) in [6.07, 6.45) is 2.76. The third-order valence-electron chi connectivity index (χ3n) is 2.38. The van der Waals surface area contributed by atoms with E-state index in [1.807, 2.05) is 30.3 Å². The quantitative estimate of drug-likeness (QED) is 0.845. The zero-order valence-electron chi connectivity index (χ0n) is 9.21. The second-order valence-corrected chi connectivity index (χ2v) is 4.72. The molecule has 0 saturated carbocycles. The van der Waals surface area contributed by atoms with Crippen molar-refractivity contribution in [2.45, 2.75) is 10.9 Å². The van der Waals surface area contributed by atoms with E-state index >= 15 is 0 Å². The lowest BCUT2D eigenvalue weighted by Crippen LogP contribution is -2.14. The number of rotatable bonds is 4. The molecule has 1 aromatic carbocycles. The Labute approximate surface area is 104 Å². The second kappa shape index (κ2) is 5.80. The molecule has 1 atom stereocenters. The molecule has 1 aromatic heterocycles. The van der Waals surface area contributed by atoms with Crippen LogP contribution in [0.25, 0.3) is 0 Å². The standard InChI is InChI=1S/C13H13FN2S/c14-12-8-16-7-6-11(12)13(15)9-17-10-4-2-1-3-5-10/h1-8,13H,9,15H2. The van der Waals surface area contributed by atoms with E-state index < -0.39 is 0 Å². The van der Waals surface area contributed by atoms with Gasteiger partial charge in [-0.25, -0.2) is 4.39 Å². The summed E-state index contributed by atoms with van der Waals surface area (Å²) >= 11 is 1.62. The highest BCUT2D eigenvalue weighted by atomic mass is 32.2. The fourth-order valence-corrected chi connectivity index (χ4v) is 2.38. The largest absolute Gasteiger partial charge is 0.323 e. The maximum Gasteiger partial charge on any atom is 0.146 e. The molecule has 88 valence electrons. The van der Waals surface area contributed by atoms with Gasteiger partial charge >= 0.3 is 0 Å². The molecule has 4 heteroatoms. The van der Waals surface area contributed by atoms with Crippen molar-refractivity contribution in [2.24, 2.45) is 5.73 Å². The Morgan fingerprint density at radius 1 is 1.24 bits per heavy atom. The van der Waals surface area contributed by atoms with Gasteiger partial charge < -0.3 is 5.73 Å². The monoisotopic (exact) mass is 248 g/mol. The predicted molar refractivity (Wildman–Crippen MR) is 68.3 cm³/mol. The van der Waals surface area contributed by atoms with Crippen LogP contribution in [0.15, 0.2) is 53.7 Å². The summed E-state index contributed by atoms with van der Waals surface area (Å²) in [6, 6.07) is 11.3. The first kappa shape index (κ1) is 12.1. The molecular weight excluding hydrogens is 235 g/mol. The van der Waals surface area contributed by atoms with Crippen molar-refractivity contribution in [3.63, 3.8) is 0 Å². The zero-order valence-corrected chi connectivity index (χ0v) is 10.0. The van der Waals surface area contributed by atoms with Crippen molar-refractivity contribution in [1.82, 2.24) is 4.98 Å². The molecule has 2 aromatic rings. The fraction of sp³-hybridized carbons (Fsp3) is 0.154. The maximum absolute atomic E-state index is 13.4. The van der Waals surface area contributed by atoms with Gasteiger partial charge in [-0.2, -0.15) is 0 Å². The minimum Gasteiger partial charge on any atom is -0.323 e. The summed E-state index contributed by atoms with van der Waals surface area (Å²) in [6.45, 7) is 0. The van der Waals surface area contributed by atoms with Crippen LogP contribution in [-0.2, 0) is 0 Å². The summed E-state index contributed by atoms with van der Waals surface area (Å²) < 4.78 is 13.4. The number of aromatic nitrogens is 1. The highest BCUT2D eigenvalue weighted by Gasteiger charge is 2.11. The van der Waals surface area contributed by atoms with Gasteiger partial charge in [0.1, 0.15) is 5.82 Å². The molecule has 0 bridgehead atoms. The van der Waals surface area contributed by atoms with E-state index in [-0.39, 0.29) is 11.9 Å². The van der Waals surface area contributed by atoms with Gasteiger partial charge in [-0.3, -0.25) is 4.98 Å². The summed E-state index contributed by atoms with van der Waals surface area (Å²) in [4.78, 5) is 4.84. The SMILES string of the molecule is NC(CSc1ccccc1)c1ccncc1F. The Bertz CT molecular complexity index is 476. The number of pyridine rings is 1. The molecule has 2 N–H and O–H groups in total. The van der Waals surface area contributed by atoms with E-state index in [9.17, 15) is 4.39 Å². The number of thioether (sulfide) groups is 1. The summed E-state index contributed by atoms with van der Waals surface area (Å²) in [5, 5.41) is 0. The van der Waals surface area contributed by atoms with E-state index in [0.717, 1.165) is 4.90 Å². The maximum atomic E-state index is 13.4. The first-order chi connectivity index (χ1) is 8.27. The van der Waals surface area contributed by atoms with Crippen LogP contribution in [-0.4, -0.2) is 10.7 Å². The average Bonchev–Trinajstić information content (AvgIpc) is 2.38. The van der Waals surface area contributed by atoms with E-state index in [1.54, 1.807) is 24.0 Å². The predicted octanol–water partition coefficient (Wildman–Crippen LogP) is 3.01. The van der Waals surface area contributed by atoms with Crippen LogP contribution in [0.5, 0.6) is 0 Å². The third-order valence-corrected chi connectivity index (χ3v) is 3.51. The van der Waals surface area contributed by atoms with Crippen molar-refractivity contribution < 1.29 is 4.39 Å². The molecule has 1 unspecified atom stereocenters. The summed E-state index contributed by atoms with van der Waals surface area (Å²) in [5.74, 6) is 0.305. The molecule has 2 rings (SSSR count). The van der Waals surface area contributed by atoms with Gasteiger partial charge in [-0.05, 0) is 18.2 Å². The van der Waals surface area contributed by atoms with Crippen LogP contribution < -0.4 is 5.73 Å². The lowest BCUT2D eigenvalue weighted by Gasteiger charge is -2.12. The molecule has 2 nitrogen and oxygen atoms in total. The number of nitrogens with two attached hydrogens (primary N) is 1. The van der Waals surface area contributed by atoms with Gasteiger partial charge in [0, 0.05) is 28.5 Å². The number of benzene rings is 1. The number of nitrogens with zero attached hydrogens (tertiary/aromatic N) is 1. The molecule has 0 radical (unpaired) electrons. The smallest absolute Gasteiger partial charge is 0.146 e. The molecule has 17 heavy (non-hydrogen) atoms. The van der Waals surface area contributed by atoms with Crippen LogP contribution in [0.1, 0.15) is 11.6 Å². The molecule has 0 aliphatic rings. The lowest BCUT2D eigenvalue weighted by atomic mass is 10.1. The molecule has 0 aliphatic heterocycles. The lowest BCUT2D eigenvalue weighted by molar-refractivity contribution is 0.589. The van der Waals surface area contributed by atoms with E-state index in [4.69, 9.17) is 5.73 Å². The highest BCUT2D eigenvalue weighted by Crippen LogP contribution is 2.23. The Morgan fingerprint density at radius 2 is 2.00 bits per heavy atom. The van der Waals surface area contributed by atoms with Gasteiger partial charge in [-0.15, -0.1) is 11.8 Å². The fourth-order valence-electron chi connectivity index (χ4n) is 1.48. The van der Waals surface area contributed by atoms with Crippen LogP contribution in [0, 0.1) is 5.82 Å². The molecule has 0 aliphatic carbocycles. The molecule has 0 amide bonds. The van der Waals surface area contributed by atoms with Gasteiger partial charge in [-0.1, -0.05) is 18.2 Å². The first-order valence-corrected chi connectivity index (χ1v) is 6.29. The number of halogens is 1. The zero-order chi connectivity index (χ0) is 12.1. The van der Waals surface area contributed by atoms with E-state index in [0.29, 0.717) is 11.3 Å². The molecule has 0 saturated heterocycles. The Balaban J connectivity index is 1.99. The van der Waals surface area contributed by atoms with Crippen molar-refractivity contribution in [3.05, 3.63) is 60.2 Å². The summed E-state index contributed by atoms with van der Waals surface area (Å²) in [5.41, 5.74) is 6.47. The first-order valence-electron chi connectivity index (χ1n) is 5.30. The number of hydrogen-bond donors (Lipinski definition) is 1. The van der Waals surface area contributed by atoms with Crippen molar-refractivity contribution in [1.29, 1.82) is 0 Å². The Morgan fingerprint density at radius 3 is 2.71 bits per heavy atom. The topological polar surface area (TPSA) is 38.9 Å². The van der Waals surface area contributed by atoms with Crippen molar-refractivity contribution in [2.75, 3.05) is 5.75 Å². The normalized spacial score (nSPS) is 12.4. The van der Waals surface area contributed by atoms with Gasteiger partial charge in [0.25, 0.3) is 0 Å². The minimum atomic E-state index is -0.339. The van der Waals surface area contributed by atoms with Crippen LogP contribution in [0.2, 0.25) is 0 Å². The molecule has 1 heterocycles. The van der Waals surface area contributed by atoms with Crippen LogP contribution in [0.4, 0.5) is 4.39 Å². The van der Waals surface area contributed by atoms with Gasteiger partial charge in [0.2, 0.25) is 0 Å². The molecule has 0 fully saturated rings. The molecular formula is C13H13FN2S. The van der Waals surface area contributed by atoms with Gasteiger partial charge in [0.05, 0.1) is 6.20 Å².